The predicted octanol–water partition coefficient (Wildman–Crippen LogP) is 3.97. The second kappa shape index (κ2) is 6.93. The third-order valence-electron chi connectivity index (χ3n) is 2.90. The lowest BCUT2D eigenvalue weighted by molar-refractivity contribution is 0.0684. The molecule has 3 heterocycles. The Morgan fingerprint density at radius 3 is 2.79 bits per heavy atom. The van der Waals surface area contributed by atoms with Gasteiger partial charge in [0.05, 0.1) is 15.3 Å². The minimum atomic E-state index is -1.40. The molecule has 6 nitrogen and oxygen atoms in total. The summed E-state index contributed by atoms with van der Waals surface area (Å²) in [7, 11) is 0. The summed E-state index contributed by atoms with van der Waals surface area (Å²) in [5, 5.41) is 12.6. The quantitative estimate of drug-likeness (QED) is 0.710. The molecule has 3 aromatic rings. The van der Waals surface area contributed by atoms with Crippen LogP contribution in [0.3, 0.4) is 0 Å². The Balaban J connectivity index is 1.76. The number of thiazole rings is 1. The van der Waals surface area contributed by atoms with Gasteiger partial charge < -0.3 is 10.4 Å². The number of halogens is 1. The van der Waals surface area contributed by atoms with E-state index in [0.717, 1.165) is 17.3 Å². The third-order valence-corrected chi connectivity index (χ3v) is 4.95. The van der Waals surface area contributed by atoms with Crippen LogP contribution in [0.2, 0.25) is 0 Å². The number of nitrogens with zero attached hydrogens (tertiary/aromatic N) is 3. The highest BCUT2D eigenvalue weighted by Crippen LogP contribution is 2.36. The number of aromatic carboxylic acids is 1. The molecule has 9 heteroatoms. The highest BCUT2D eigenvalue weighted by atomic mass is 32.2. The Kier molecular flexibility index (Phi) is 4.72. The van der Waals surface area contributed by atoms with Crippen LogP contribution in [0.4, 0.5) is 15.3 Å². The number of aromatic nitrogens is 3. The monoisotopic (exact) mass is 362 g/mol. The first-order valence-corrected chi connectivity index (χ1v) is 8.37. The van der Waals surface area contributed by atoms with Crippen LogP contribution in [0.1, 0.15) is 16.1 Å². The van der Waals surface area contributed by atoms with E-state index in [4.69, 9.17) is 5.11 Å². The number of carbonyl (C=O) groups is 1. The number of carboxylic acid groups (broad SMARTS) is 1. The van der Waals surface area contributed by atoms with Crippen molar-refractivity contribution < 1.29 is 14.3 Å². The van der Waals surface area contributed by atoms with Crippen LogP contribution in [-0.2, 0) is 0 Å². The van der Waals surface area contributed by atoms with Crippen LogP contribution in [0, 0.1) is 12.7 Å². The van der Waals surface area contributed by atoms with Crippen molar-refractivity contribution in [1.29, 1.82) is 0 Å². The molecule has 0 radical (unpaired) electrons. The minimum Gasteiger partial charge on any atom is -0.476 e. The summed E-state index contributed by atoms with van der Waals surface area (Å²) in [4.78, 5) is 23.1. The molecule has 24 heavy (non-hydrogen) atoms. The number of hydrogen-bond donors (Lipinski definition) is 2. The molecule has 0 saturated carbocycles. The lowest BCUT2D eigenvalue weighted by atomic mass is 10.3. The van der Waals surface area contributed by atoms with E-state index >= 15 is 0 Å². The van der Waals surface area contributed by atoms with Crippen molar-refractivity contribution in [2.45, 2.75) is 16.0 Å². The minimum absolute atomic E-state index is 0.186. The molecular weight excluding hydrogens is 351 g/mol. The van der Waals surface area contributed by atoms with E-state index in [9.17, 15) is 9.18 Å². The van der Waals surface area contributed by atoms with Gasteiger partial charge in [0, 0.05) is 12.4 Å². The van der Waals surface area contributed by atoms with Crippen molar-refractivity contribution in [1.82, 2.24) is 15.0 Å². The molecule has 0 saturated heterocycles. The van der Waals surface area contributed by atoms with Crippen molar-refractivity contribution in [3.63, 3.8) is 0 Å². The second-order valence-corrected chi connectivity index (χ2v) is 7.08. The zero-order valence-corrected chi connectivity index (χ0v) is 14.0. The zero-order chi connectivity index (χ0) is 17.1. The van der Waals surface area contributed by atoms with Gasteiger partial charge in [-0.2, -0.15) is 0 Å². The highest BCUT2D eigenvalue weighted by molar-refractivity contribution is 8.01. The number of anilines is 2. The van der Waals surface area contributed by atoms with E-state index in [1.54, 1.807) is 12.4 Å². The maximum absolute atomic E-state index is 14.1. The standard InChI is InChI=1S/C15H11FN4O2S2/c1-8-2-3-10(18-6-8)20-15-19-7-11(24-15)23-9-4-5-17-13(12(9)16)14(21)22/h2-7H,1H3,(H,21,22)(H,18,19,20). The smallest absolute Gasteiger partial charge is 0.357 e. The van der Waals surface area contributed by atoms with Crippen LogP contribution < -0.4 is 5.32 Å². The van der Waals surface area contributed by atoms with Gasteiger partial charge in [-0.1, -0.05) is 29.2 Å². The molecule has 122 valence electrons. The van der Waals surface area contributed by atoms with E-state index in [-0.39, 0.29) is 4.90 Å². The molecule has 0 aliphatic heterocycles. The van der Waals surface area contributed by atoms with Crippen LogP contribution in [0.15, 0.2) is 45.9 Å². The Hall–Kier alpha value is -2.52. The van der Waals surface area contributed by atoms with Crippen molar-refractivity contribution in [2.75, 3.05) is 5.32 Å². The van der Waals surface area contributed by atoms with Gasteiger partial charge in [-0.25, -0.2) is 24.1 Å². The molecule has 0 bridgehead atoms. The van der Waals surface area contributed by atoms with Crippen LogP contribution in [0.5, 0.6) is 0 Å². The molecule has 0 fully saturated rings. The molecule has 2 N–H and O–H groups in total. The normalized spacial score (nSPS) is 10.6. The summed E-state index contributed by atoms with van der Waals surface area (Å²) < 4.78 is 14.8. The molecule has 0 unspecified atom stereocenters. The summed E-state index contributed by atoms with van der Waals surface area (Å²) in [5.74, 6) is -1.58. The van der Waals surface area contributed by atoms with Gasteiger partial charge in [-0.05, 0) is 24.6 Å². The molecule has 0 aliphatic carbocycles. The topological polar surface area (TPSA) is 88.0 Å². The first-order chi connectivity index (χ1) is 11.5. The first-order valence-electron chi connectivity index (χ1n) is 6.74. The fourth-order valence-electron chi connectivity index (χ4n) is 1.78. The van der Waals surface area contributed by atoms with E-state index in [1.807, 2.05) is 19.1 Å². The van der Waals surface area contributed by atoms with Gasteiger partial charge in [-0.15, -0.1) is 0 Å². The predicted molar refractivity (Wildman–Crippen MR) is 89.6 cm³/mol. The van der Waals surface area contributed by atoms with Gasteiger partial charge in [0.25, 0.3) is 0 Å². The molecule has 0 aromatic carbocycles. The van der Waals surface area contributed by atoms with E-state index in [0.29, 0.717) is 15.2 Å². The fourth-order valence-corrected chi connectivity index (χ4v) is 3.65. The summed E-state index contributed by atoms with van der Waals surface area (Å²) in [6, 6.07) is 5.20. The Labute approximate surface area is 144 Å². The molecule has 3 rings (SSSR count). The Morgan fingerprint density at radius 1 is 1.25 bits per heavy atom. The van der Waals surface area contributed by atoms with Gasteiger partial charge in [-0.3, -0.25) is 0 Å². The second-order valence-electron chi connectivity index (χ2n) is 4.71. The number of rotatable bonds is 5. The van der Waals surface area contributed by atoms with E-state index < -0.39 is 17.5 Å². The van der Waals surface area contributed by atoms with Crippen molar-refractivity contribution in [3.8, 4) is 0 Å². The Morgan fingerprint density at radius 2 is 2.08 bits per heavy atom. The Bertz CT molecular complexity index is 883. The molecular formula is C15H11FN4O2S2. The largest absolute Gasteiger partial charge is 0.476 e. The van der Waals surface area contributed by atoms with Crippen molar-refractivity contribution in [3.05, 3.63) is 53.9 Å². The fraction of sp³-hybridized carbons (Fsp3) is 0.0667. The van der Waals surface area contributed by atoms with Gasteiger partial charge in [0.1, 0.15) is 5.82 Å². The molecule has 0 spiro atoms. The highest BCUT2D eigenvalue weighted by Gasteiger charge is 2.17. The molecule has 3 aromatic heterocycles. The molecule has 0 atom stereocenters. The average Bonchev–Trinajstić information content (AvgIpc) is 2.98. The third kappa shape index (κ3) is 3.69. The van der Waals surface area contributed by atoms with Crippen LogP contribution in [-0.4, -0.2) is 26.0 Å². The molecule has 0 amide bonds. The SMILES string of the molecule is Cc1ccc(Nc2ncc(Sc3ccnc(C(=O)O)c3F)s2)nc1. The maximum atomic E-state index is 14.1. The first kappa shape index (κ1) is 16.3. The summed E-state index contributed by atoms with van der Waals surface area (Å²) in [5.41, 5.74) is 0.463. The van der Waals surface area contributed by atoms with E-state index in [1.165, 1.54) is 23.6 Å². The van der Waals surface area contributed by atoms with E-state index in [2.05, 4.69) is 20.3 Å². The number of pyridine rings is 2. The molecule has 0 aliphatic rings. The summed E-state index contributed by atoms with van der Waals surface area (Å²) >= 11 is 2.41. The summed E-state index contributed by atoms with van der Waals surface area (Å²) in [6.45, 7) is 1.95. The van der Waals surface area contributed by atoms with Crippen molar-refractivity contribution in [2.24, 2.45) is 0 Å². The summed E-state index contributed by atoms with van der Waals surface area (Å²) in [6.07, 6.45) is 4.60. The average molecular weight is 362 g/mol. The lowest BCUT2D eigenvalue weighted by Gasteiger charge is -2.02. The maximum Gasteiger partial charge on any atom is 0.357 e. The number of nitrogens with one attached hydrogen (secondary N) is 1. The van der Waals surface area contributed by atoms with Crippen molar-refractivity contribution >= 4 is 40.0 Å². The number of aryl methyl sites for hydroxylation is 1. The van der Waals surface area contributed by atoms with Crippen LogP contribution >= 0.6 is 23.1 Å². The van der Waals surface area contributed by atoms with Gasteiger partial charge in [0.2, 0.25) is 0 Å². The number of hydrogen-bond acceptors (Lipinski definition) is 7. The zero-order valence-electron chi connectivity index (χ0n) is 12.4. The number of carboxylic acids is 1. The lowest BCUT2D eigenvalue weighted by Crippen LogP contribution is -2.04. The van der Waals surface area contributed by atoms with Gasteiger partial charge in [0.15, 0.2) is 16.6 Å². The van der Waals surface area contributed by atoms with Gasteiger partial charge >= 0.3 is 5.97 Å². The van der Waals surface area contributed by atoms with Crippen LogP contribution in [0.25, 0.3) is 0 Å².